The Morgan fingerprint density at radius 1 is 1.38 bits per heavy atom. The molecule has 0 aromatic rings. The van der Waals surface area contributed by atoms with Crippen molar-refractivity contribution in [2.24, 2.45) is 5.92 Å². The molecule has 1 fully saturated rings. The molecule has 0 aromatic heterocycles. The molecule has 88 valence electrons. The molecule has 1 aliphatic carbocycles. The van der Waals surface area contributed by atoms with E-state index in [1.165, 1.54) is 0 Å². The molecule has 0 heterocycles. The fraction of sp³-hybridized carbons (Fsp3) is 0.500. The molecule has 16 heavy (non-hydrogen) atoms. The first-order chi connectivity index (χ1) is 7.45. The van der Waals surface area contributed by atoms with Gasteiger partial charge in [-0.25, -0.2) is 0 Å². The molecule has 0 radical (unpaired) electrons. The molecule has 0 bridgehead atoms. The lowest BCUT2D eigenvalue weighted by atomic mass is 9.80. The largest absolute Gasteiger partial charge is 0.481 e. The number of hydrogen-bond donors (Lipinski definition) is 2. The standard InChI is InChI=1S/C12H17NO3/c1-4-7(2)8(3)11(14)13-10-5-9(6-10)12(15)16/h4,9-10H,1,5-6H2,2-3H3,(H,13,14)(H,15,16). The van der Waals surface area contributed by atoms with E-state index in [0.29, 0.717) is 18.4 Å². The second kappa shape index (κ2) is 4.96. The molecule has 0 aromatic carbocycles. The lowest BCUT2D eigenvalue weighted by Crippen LogP contribution is -2.47. The summed E-state index contributed by atoms with van der Waals surface area (Å²) in [5, 5.41) is 11.5. The smallest absolute Gasteiger partial charge is 0.306 e. The van der Waals surface area contributed by atoms with Crippen molar-refractivity contribution >= 4 is 11.9 Å². The van der Waals surface area contributed by atoms with E-state index in [1.54, 1.807) is 13.0 Å². The number of carboxylic acid groups (broad SMARTS) is 1. The highest BCUT2D eigenvalue weighted by molar-refractivity contribution is 5.94. The van der Waals surface area contributed by atoms with Gasteiger partial charge in [-0.3, -0.25) is 9.59 Å². The van der Waals surface area contributed by atoms with Crippen LogP contribution in [0.4, 0.5) is 0 Å². The second-order valence-electron chi connectivity index (χ2n) is 4.19. The summed E-state index contributed by atoms with van der Waals surface area (Å²) in [6.07, 6.45) is 2.69. The summed E-state index contributed by atoms with van der Waals surface area (Å²) in [4.78, 5) is 22.2. The van der Waals surface area contributed by atoms with Gasteiger partial charge in [0.1, 0.15) is 0 Å². The minimum absolute atomic E-state index is 0.00108. The number of amides is 1. The molecule has 1 saturated carbocycles. The topological polar surface area (TPSA) is 66.4 Å². The van der Waals surface area contributed by atoms with Crippen LogP contribution in [0.15, 0.2) is 23.8 Å². The molecular formula is C12H17NO3. The zero-order valence-electron chi connectivity index (χ0n) is 9.62. The first-order valence-electron chi connectivity index (χ1n) is 5.29. The number of carbonyl (C=O) groups excluding carboxylic acids is 1. The van der Waals surface area contributed by atoms with Crippen LogP contribution in [-0.2, 0) is 9.59 Å². The number of nitrogens with one attached hydrogen (secondary N) is 1. The fourth-order valence-corrected chi connectivity index (χ4v) is 1.56. The summed E-state index contributed by atoms with van der Waals surface area (Å²) in [5.74, 6) is -1.21. The van der Waals surface area contributed by atoms with E-state index in [2.05, 4.69) is 11.9 Å². The van der Waals surface area contributed by atoms with Gasteiger partial charge in [0.25, 0.3) is 0 Å². The highest BCUT2D eigenvalue weighted by Gasteiger charge is 2.35. The second-order valence-corrected chi connectivity index (χ2v) is 4.19. The van der Waals surface area contributed by atoms with Gasteiger partial charge in [-0.05, 0) is 32.3 Å². The van der Waals surface area contributed by atoms with Crippen molar-refractivity contribution in [3.8, 4) is 0 Å². The van der Waals surface area contributed by atoms with Crippen molar-refractivity contribution in [3.05, 3.63) is 23.8 Å². The summed E-state index contributed by atoms with van der Waals surface area (Å²) >= 11 is 0. The Hall–Kier alpha value is -1.58. The van der Waals surface area contributed by atoms with Gasteiger partial charge in [-0.1, -0.05) is 12.7 Å². The Balaban J connectivity index is 2.44. The van der Waals surface area contributed by atoms with Crippen molar-refractivity contribution in [1.29, 1.82) is 0 Å². The number of rotatable bonds is 4. The number of carboxylic acids is 1. The van der Waals surface area contributed by atoms with Crippen molar-refractivity contribution in [3.63, 3.8) is 0 Å². The Morgan fingerprint density at radius 2 is 1.94 bits per heavy atom. The molecular weight excluding hydrogens is 206 g/mol. The van der Waals surface area contributed by atoms with Crippen LogP contribution in [0.5, 0.6) is 0 Å². The maximum atomic E-state index is 11.7. The van der Waals surface area contributed by atoms with Crippen LogP contribution in [0.2, 0.25) is 0 Å². The van der Waals surface area contributed by atoms with E-state index in [-0.39, 0.29) is 17.9 Å². The Bertz CT molecular complexity index is 351. The van der Waals surface area contributed by atoms with Crippen LogP contribution >= 0.6 is 0 Å². The number of aliphatic carboxylic acids is 1. The minimum Gasteiger partial charge on any atom is -0.481 e. The lowest BCUT2D eigenvalue weighted by Gasteiger charge is -2.33. The molecule has 0 aliphatic heterocycles. The highest BCUT2D eigenvalue weighted by Crippen LogP contribution is 2.27. The number of carbonyl (C=O) groups is 2. The van der Waals surface area contributed by atoms with Gasteiger partial charge < -0.3 is 10.4 Å². The number of allylic oxidation sites excluding steroid dienone is 2. The molecule has 0 atom stereocenters. The van der Waals surface area contributed by atoms with Gasteiger partial charge in [-0.2, -0.15) is 0 Å². The zero-order chi connectivity index (χ0) is 12.3. The molecule has 1 rings (SSSR count). The molecule has 4 nitrogen and oxygen atoms in total. The Labute approximate surface area is 95.0 Å². The third kappa shape index (κ3) is 2.72. The van der Waals surface area contributed by atoms with Crippen molar-refractivity contribution in [2.75, 3.05) is 0 Å². The molecule has 0 saturated heterocycles. The van der Waals surface area contributed by atoms with E-state index < -0.39 is 5.97 Å². The van der Waals surface area contributed by atoms with Crippen LogP contribution in [-0.4, -0.2) is 23.0 Å². The third-order valence-electron chi connectivity index (χ3n) is 3.06. The van der Waals surface area contributed by atoms with E-state index in [9.17, 15) is 9.59 Å². The first kappa shape index (κ1) is 12.5. The Kier molecular flexibility index (Phi) is 3.88. The summed E-state index contributed by atoms with van der Waals surface area (Å²) in [6.45, 7) is 7.16. The van der Waals surface area contributed by atoms with E-state index in [0.717, 1.165) is 5.57 Å². The quantitative estimate of drug-likeness (QED) is 0.560. The maximum absolute atomic E-state index is 11.7. The summed E-state index contributed by atoms with van der Waals surface area (Å²) in [5.41, 5.74) is 1.47. The molecule has 4 heteroatoms. The van der Waals surface area contributed by atoms with Gasteiger partial charge in [0, 0.05) is 11.6 Å². The summed E-state index contributed by atoms with van der Waals surface area (Å²) in [7, 11) is 0. The van der Waals surface area contributed by atoms with Crippen LogP contribution in [0, 0.1) is 5.92 Å². The molecule has 1 amide bonds. The van der Waals surface area contributed by atoms with E-state index in [4.69, 9.17) is 5.11 Å². The van der Waals surface area contributed by atoms with Crippen LogP contribution in [0.25, 0.3) is 0 Å². The highest BCUT2D eigenvalue weighted by atomic mass is 16.4. The molecule has 1 aliphatic rings. The van der Waals surface area contributed by atoms with Crippen molar-refractivity contribution < 1.29 is 14.7 Å². The Morgan fingerprint density at radius 3 is 2.38 bits per heavy atom. The summed E-state index contributed by atoms with van der Waals surface area (Å²) < 4.78 is 0. The van der Waals surface area contributed by atoms with Gasteiger partial charge in [-0.15, -0.1) is 0 Å². The van der Waals surface area contributed by atoms with Crippen LogP contribution in [0.3, 0.4) is 0 Å². The predicted molar refractivity (Wildman–Crippen MR) is 60.9 cm³/mol. The summed E-state index contributed by atoms with van der Waals surface area (Å²) in [6, 6.07) is 0.00108. The van der Waals surface area contributed by atoms with E-state index in [1.807, 2.05) is 6.92 Å². The first-order valence-corrected chi connectivity index (χ1v) is 5.29. The van der Waals surface area contributed by atoms with Crippen LogP contribution in [0.1, 0.15) is 26.7 Å². The lowest BCUT2D eigenvalue weighted by molar-refractivity contribution is -0.146. The van der Waals surface area contributed by atoms with E-state index >= 15 is 0 Å². The molecule has 0 spiro atoms. The van der Waals surface area contributed by atoms with Gasteiger partial charge in [0.15, 0.2) is 0 Å². The monoisotopic (exact) mass is 223 g/mol. The maximum Gasteiger partial charge on any atom is 0.306 e. The molecule has 0 unspecified atom stereocenters. The van der Waals surface area contributed by atoms with Crippen LogP contribution < -0.4 is 5.32 Å². The van der Waals surface area contributed by atoms with Crippen molar-refractivity contribution in [1.82, 2.24) is 5.32 Å². The molecule has 2 N–H and O–H groups in total. The van der Waals surface area contributed by atoms with Crippen molar-refractivity contribution in [2.45, 2.75) is 32.7 Å². The number of hydrogen-bond acceptors (Lipinski definition) is 2. The SMILES string of the molecule is C=CC(C)=C(C)C(=O)NC1CC(C(=O)O)C1. The van der Waals surface area contributed by atoms with Gasteiger partial charge >= 0.3 is 5.97 Å². The average Bonchev–Trinajstić information content (AvgIpc) is 2.19. The predicted octanol–water partition coefficient (Wildman–Crippen LogP) is 1.49. The minimum atomic E-state index is -0.778. The normalized spacial score (nSPS) is 25.1. The third-order valence-corrected chi connectivity index (χ3v) is 3.06. The van der Waals surface area contributed by atoms with Gasteiger partial charge in [0.2, 0.25) is 5.91 Å². The average molecular weight is 223 g/mol. The van der Waals surface area contributed by atoms with Gasteiger partial charge in [0.05, 0.1) is 5.92 Å². The fourth-order valence-electron chi connectivity index (χ4n) is 1.56. The zero-order valence-corrected chi connectivity index (χ0v) is 9.62.